The number of rotatable bonds is 10. The Morgan fingerprint density at radius 3 is 1.33 bits per heavy atom. The fourth-order valence-electron chi connectivity index (χ4n) is 3.91. The number of fused-ring (bicyclic) bond motifs is 1. The maximum absolute atomic E-state index is 2.39. The number of aryl methyl sites for hydroxylation is 4. The molecule has 0 nitrogen and oxygen atoms in total. The van der Waals surface area contributed by atoms with Crippen LogP contribution in [0.25, 0.3) is 10.8 Å². The van der Waals surface area contributed by atoms with Crippen molar-refractivity contribution in [2.75, 3.05) is 0 Å². The SMILES string of the molecule is CCCCCCc1ccc(C)c2c(CCCCCC)ccc(C)c12. The molecule has 0 heterocycles. The molecule has 0 fully saturated rings. The van der Waals surface area contributed by atoms with Crippen LogP contribution in [0.2, 0.25) is 0 Å². The fourth-order valence-corrected chi connectivity index (χ4v) is 3.91. The number of unbranched alkanes of at least 4 members (excludes halogenated alkanes) is 6. The smallest absolute Gasteiger partial charge is 0.0117 e. The van der Waals surface area contributed by atoms with Gasteiger partial charge in [0.25, 0.3) is 0 Å². The van der Waals surface area contributed by atoms with Gasteiger partial charge in [-0.05, 0) is 72.6 Å². The van der Waals surface area contributed by atoms with Crippen molar-refractivity contribution in [3.63, 3.8) is 0 Å². The summed E-state index contributed by atoms with van der Waals surface area (Å²) in [6.07, 6.45) is 13.2. The molecule has 2 rings (SSSR count). The summed E-state index contributed by atoms with van der Waals surface area (Å²) < 4.78 is 0. The Kier molecular flexibility index (Phi) is 7.82. The summed E-state index contributed by atoms with van der Waals surface area (Å²) in [5.41, 5.74) is 6.05. The van der Waals surface area contributed by atoms with E-state index in [1.807, 2.05) is 0 Å². The van der Waals surface area contributed by atoms with Crippen molar-refractivity contribution in [2.45, 2.75) is 91.9 Å². The van der Waals surface area contributed by atoms with Crippen LogP contribution in [0, 0.1) is 13.8 Å². The molecule has 0 unspecified atom stereocenters. The van der Waals surface area contributed by atoms with E-state index in [1.165, 1.54) is 75.3 Å². The van der Waals surface area contributed by atoms with Crippen molar-refractivity contribution in [1.29, 1.82) is 0 Å². The van der Waals surface area contributed by atoms with Crippen LogP contribution in [0.5, 0.6) is 0 Å². The largest absolute Gasteiger partial charge is 0.0654 e. The molecule has 0 atom stereocenters. The molecule has 0 N–H and O–H groups in total. The van der Waals surface area contributed by atoms with Gasteiger partial charge in [0.2, 0.25) is 0 Å². The first-order valence-corrected chi connectivity index (χ1v) is 10.2. The van der Waals surface area contributed by atoms with Crippen LogP contribution in [0.1, 0.15) is 87.5 Å². The van der Waals surface area contributed by atoms with E-state index in [-0.39, 0.29) is 0 Å². The first kappa shape index (κ1) is 19.0. The Labute approximate surface area is 149 Å². The van der Waals surface area contributed by atoms with Gasteiger partial charge in [0.05, 0.1) is 0 Å². The molecule has 0 aliphatic rings. The van der Waals surface area contributed by atoms with E-state index in [9.17, 15) is 0 Å². The minimum atomic E-state index is 1.23. The zero-order valence-electron chi connectivity index (χ0n) is 16.4. The monoisotopic (exact) mass is 324 g/mol. The predicted octanol–water partition coefficient (Wildman–Crippen LogP) is 7.70. The van der Waals surface area contributed by atoms with E-state index in [2.05, 4.69) is 52.0 Å². The van der Waals surface area contributed by atoms with Crippen molar-refractivity contribution < 1.29 is 0 Å². The second-order valence-electron chi connectivity index (χ2n) is 7.45. The highest BCUT2D eigenvalue weighted by Gasteiger charge is 2.10. The third-order valence-corrected chi connectivity index (χ3v) is 5.35. The second-order valence-corrected chi connectivity index (χ2v) is 7.45. The molecule has 0 saturated carbocycles. The lowest BCUT2D eigenvalue weighted by Crippen LogP contribution is -1.97. The molecule has 0 aliphatic heterocycles. The van der Waals surface area contributed by atoms with E-state index < -0.39 is 0 Å². The van der Waals surface area contributed by atoms with Gasteiger partial charge in [-0.2, -0.15) is 0 Å². The van der Waals surface area contributed by atoms with E-state index in [0.29, 0.717) is 0 Å². The van der Waals surface area contributed by atoms with Crippen LogP contribution in [-0.4, -0.2) is 0 Å². The van der Waals surface area contributed by atoms with Gasteiger partial charge < -0.3 is 0 Å². The summed E-state index contributed by atoms with van der Waals surface area (Å²) >= 11 is 0. The van der Waals surface area contributed by atoms with E-state index >= 15 is 0 Å². The molecule has 0 radical (unpaired) electrons. The molecule has 0 aliphatic carbocycles. The average molecular weight is 325 g/mol. The molecule has 24 heavy (non-hydrogen) atoms. The van der Waals surface area contributed by atoms with Crippen LogP contribution >= 0.6 is 0 Å². The van der Waals surface area contributed by atoms with Crippen molar-refractivity contribution >= 4 is 10.8 Å². The topological polar surface area (TPSA) is 0 Å². The number of benzene rings is 2. The van der Waals surface area contributed by atoms with Gasteiger partial charge in [-0.25, -0.2) is 0 Å². The summed E-state index contributed by atoms with van der Waals surface area (Å²) in [4.78, 5) is 0. The zero-order valence-corrected chi connectivity index (χ0v) is 16.4. The molecule has 2 aromatic rings. The number of hydrogen-bond acceptors (Lipinski definition) is 0. The van der Waals surface area contributed by atoms with Gasteiger partial charge in [0.15, 0.2) is 0 Å². The highest BCUT2D eigenvalue weighted by molar-refractivity contribution is 5.94. The van der Waals surface area contributed by atoms with Gasteiger partial charge in [0.1, 0.15) is 0 Å². The van der Waals surface area contributed by atoms with Crippen LogP contribution in [0.15, 0.2) is 24.3 Å². The average Bonchev–Trinajstić information content (AvgIpc) is 2.59. The Morgan fingerprint density at radius 2 is 0.958 bits per heavy atom. The molecule has 0 saturated heterocycles. The molecule has 0 heteroatoms. The molecule has 2 aromatic carbocycles. The lowest BCUT2D eigenvalue weighted by atomic mass is 9.89. The minimum absolute atomic E-state index is 1.23. The highest BCUT2D eigenvalue weighted by Crippen LogP contribution is 2.31. The van der Waals surface area contributed by atoms with E-state index in [0.717, 1.165) is 0 Å². The molecule has 0 amide bonds. The lowest BCUT2D eigenvalue weighted by Gasteiger charge is -2.16. The Balaban J connectivity index is 2.28. The molecule has 0 bridgehead atoms. The molecule has 0 spiro atoms. The predicted molar refractivity (Wildman–Crippen MR) is 109 cm³/mol. The van der Waals surface area contributed by atoms with Crippen molar-refractivity contribution in [2.24, 2.45) is 0 Å². The van der Waals surface area contributed by atoms with Gasteiger partial charge in [-0.3, -0.25) is 0 Å². The zero-order chi connectivity index (χ0) is 17.4. The quantitative estimate of drug-likeness (QED) is 0.393. The summed E-state index contributed by atoms with van der Waals surface area (Å²) in [6, 6.07) is 9.48. The van der Waals surface area contributed by atoms with Crippen molar-refractivity contribution in [3.05, 3.63) is 46.5 Å². The van der Waals surface area contributed by atoms with Gasteiger partial charge in [-0.1, -0.05) is 76.6 Å². The van der Waals surface area contributed by atoms with Gasteiger partial charge in [0, 0.05) is 0 Å². The molecular formula is C24H36. The Hall–Kier alpha value is -1.30. The van der Waals surface area contributed by atoms with E-state index in [4.69, 9.17) is 0 Å². The standard InChI is InChI=1S/C24H36/c1-5-7-9-11-13-21-17-15-20(4)24-22(14-12-10-8-6-2)18-16-19(3)23(21)24/h15-18H,5-14H2,1-4H3. The summed E-state index contributed by atoms with van der Waals surface area (Å²) in [5.74, 6) is 0. The first-order valence-electron chi connectivity index (χ1n) is 10.2. The van der Waals surface area contributed by atoms with Crippen molar-refractivity contribution in [1.82, 2.24) is 0 Å². The lowest BCUT2D eigenvalue weighted by molar-refractivity contribution is 0.667. The van der Waals surface area contributed by atoms with Crippen LogP contribution < -0.4 is 0 Å². The van der Waals surface area contributed by atoms with Gasteiger partial charge >= 0.3 is 0 Å². The van der Waals surface area contributed by atoms with E-state index in [1.54, 1.807) is 21.9 Å². The molecule has 132 valence electrons. The maximum atomic E-state index is 2.39. The maximum Gasteiger partial charge on any atom is -0.0117 e. The van der Waals surface area contributed by atoms with Crippen LogP contribution in [0.4, 0.5) is 0 Å². The molecule has 0 aromatic heterocycles. The normalized spacial score (nSPS) is 11.3. The van der Waals surface area contributed by atoms with Crippen molar-refractivity contribution in [3.8, 4) is 0 Å². The second kappa shape index (κ2) is 9.87. The third kappa shape index (κ3) is 4.85. The van der Waals surface area contributed by atoms with Gasteiger partial charge in [-0.15, -0.1) is 0 Å². The first-order chi connectivity index (χ1) is 11.7. The summed E-state index contributed by atoms with van der Waals surface area (Å²) in [5, 5.41) is 3.11. The summed E-state index contributed by atoms with van der Waals surface area (Å²) in [6.45, 7) is 9.16. The third-order valence-electron chi connectivity index (χ3n) is 5.35. The Bertz CT molecular complexity index is 579. The summed E-state index contributed by atoms with van der Waals surface area (Å²) in [7, 11) is 0. The Morgan fingerprint density at radius 1 is 0.542 bits per heavy atom. The van der Waals surface area contributed by atoms with Crippen LogP contribution in [0.3, 0.4) is 0 Å². The van der Waals surface area contributed by atoms with Crippen LogP contribution in [-0.2, 0) is 12.8 Å². The fraction of sp³-hybridized carbons (Fsp3) is 0.583. The molecular weight excluding hydrogens is 288 g/mol. The minimum Gasteiger partial charge on any atom is -0.0654 e. The number of hydrogen-bond donors (Lipinski definition) is 0. The highest BCUT2D eigenvalue weighted by atomic mass is 14.1.